The lowest BCUT2D eigenvalue weighted by Crippen LogP contribution is -2.26. The lowest BCUT2D eigenvalue weighted by atomic mass is 10.2. The van der Waals surface area contributed by atoms with Gasteiger partial charge in [0, 0.05) is 26.9 Å². The molecule has 176 valence electrons. The Labute approximate surface area is 211 Å². The summed E-state index contributed by atoms with van der Waals surface area (Å²) in [7, 11) is 1.97. The Kier molecular flexibility index (Phi) is 8.02. The van der Waals surface area contributed by atoms with Crippen LogP contribution in [0.15, 0.2) is 95.0 Å². The monoisotopic (exact) mass is 503 g/mol. The number of rotatable bonds is 9. The average molecular weight is 504 g/mol. The van der Waals surface area contributed by atoms with Crippen molar-refractivity contribution < 1.29 is 19.0 Å². The number of pyridine rings is 1. The van der Waals surface area contributed by atoms with Crippen molar-refractivity contribution in [3.8, 4) is 0 Å². The highest BCUT2D eigenvalue weighted by molar-refractivity contribution is 8.14. The van der Waals surface area contributed by atoms with Crippen molar-refractivity contribution in [3.05, 3.63) is 90.8 Å². The highest BCUT2D eigenvalue weighted by Gasteiger charge is 2.14. The van der Waals surface area contributed by atoms with Gasteiger partial charge in [-0.1, -0.05) is 72.1 Å². The maximum Gasteiger partial charge on any atom is 0.234 e. The second-order valence-corrected chi connectivity index (χ2v) is 9.60. The third kappa shape index (κ3) is 6.40. The molecule has 4 rings (SSSR count). The van der Waals surface area contributed by atoms with Gasteiger partial charge in [-0.2, -0.15) is 0 Å². The number of hydrogen-bond donors (Lipinski definition) is 3. The van der Waals surface area contributed by atoms with E-state index in [9.17, 15) is 14.4 Å². The van der Waals surface area contributed by atoms with Crippen LogP contribution in [0.2, 0.25) is 0 Å². The zero-order valence-corrected chi connectivity index (χ0v) is 20.5. The van der Waals surface area contributed by atoms with E-state index in [-0.39, 0.29) is 16.8 Å². The zero-order valence-electron chi connectivity index (χ0n) is 18.9. The fourth-order valence-corrected chi connectivity index (χ4v) is 5.23. The minimum atomic E-state index is -0.279. The van der Waals surface area contributed by atoms with Crippen molar-refractivity contribution in [3.63, 3.8) is 0 Å². The van der Waals surface area contributed by atoms with Gasteiger partial charge in [-0.25, -0.2) is 4.57 Å². The lowest BCUT2D eigenvalue weighted by Gasteiger charge is -2.14. The first-order valence-electron chi connectivity index (χ1n) is 10.7. The molecule has 0 saturated carbocycles. The molecule has 35 heavy (non-hydrogen) atoms. The summed E-state index contributed by atoms with van der Waals surface area (Å²) in [5, 5.41) is 4.90. The second kappa shape index (κ2) is 11.5. The molecule has 0 spiro atoms. The van der Waals surface area contributed by atoms with E-state index in [4.69, 9.17) is 0 Å². The van der Waals surface area contributed by atoms with E-state index in [0.29, 0.717) is 23.3 Å². The molecule has 9 heteroatoms. The van der Waals surface area contributed by atoms with Gasteiger partial charge in [0.1, 0.15) is 7.05 Å². The molecular weight excluding hydrogens is 480 g/mol. The highest BCUT2D eigenvalue weighted by Crippen LogP contribution is 2.38. The van der Waals surface area contributed by atoms with Crippen LogP contribution in [0.5, 0.6) is 0 Å². The Hall–Kier alpha value is -3.82. The van der Waals surface area contributed by atoms with Crippen LogP contribution in [0.3, 0.4) is 0 Å². The van der Waals surface area contributed by atoms with Crippen LogP contribution in [0.25, 0.3) is 10.8 Å². The number of aryl methyl sites for hydroxylation is 1. The summed E-state index contributed by atoms with van der Waals surface area (Å²) in [5.74, 6) is -0.277. The standard InChI is InChI=1S/C26H22N4O3S2/c1-30-14-19-9-5-6-10-21(19)24(15-30)35-23-13-20(11-12-22(23)29-27-17-31)28-25(32)16-34-26(33)18-7-3-2-4-8-18/h2-15,17,29H,16H2,1H3,(H-,27,28,31,32)/p+1. The molecule has 0 saturated heterocycles. The Bertz CT molecular complexity index is 1380. The molecule has 0 aliphatic rings. The number of benzene rings is 3. The summed E-state index contributed by atoms with van der Waals surface area (Å²) in [6, 6.07) is 22.3. The summed E-state index contributed by atoms with van der Waals surface area (Å²) in [6.45, 7) is 0. The highest BCUT2D eigenvalue weighted by atomic mass is 32.2. The maximum atomic E-state index is 12.5. The van der Waals surface area contributed by atoms with Gasteiger partial charge < -0.3 is 5.32 Å². The minimum absolute atomic E-state index is 0.00204. The molecule has 2 amide bonds. The molecule has 0 aliphatic carbocycles. The molecule has 0 fully saturated rings. The average Bonchev–Trinajstić information content (AvgIpc) is 2.87. The SMILES string of the molecule is C[n+]1cc(Sc2cc(NC(=O)CSC(=O)c3ccccc3)ccc2NNC=O)c2ccccc2c1. The predicted octanol–water partition coefficient (Wildman–Crippen LogP) is 4.40. The number of hydrazine groups is 1. The van der Waals surface area contributed by atoms with Gasteiger partial charge in [0.25, 0.3) is 0 Å². The van der Waals surface area contributed by atoms with Crippen molar-refractivity contribution in [1.29, 1.82) is 0 Å². The predicted molar refractivity (Wildman–Crippen MR) is 140 cm³/mol. The third-order valence-corrected chi connectivity index (χ3v) is 6.99. The maximum absolute atomic E-state index is 12.5. The van der Waals surface area contributed by atoms with E-state index in [0.717, 1.165) is 32.3 Å². The van der Waals surface area contributed by atoms with Crippen molar-refractivity contribution in [1.82, 2.24) is 5.43 Å². The lowest BCUT2D eigenvalue weighted by molar-refractivity contribution is -0.671. The van der Waals surface area contributed by atoms with Gasteiger partial charge in [-0.15, -0.1) is 0 Å². The van der Waals surface area contributed by atoms with E-state index in [1.54, 1.807) is 36.4 Å². The van der Waals surface area contributed by atoms with Crippen LogP contribution in [-0.4, -0.2) is 23.2 Å². The number of anilines is 2. The number of thioether (sulfide) groups is 1. The Morgan fingerprint density at radius 3 is 2.51 bits per heavy atom. The summed E-state index contributed by atoms with van der Waals surface area (Å²) in [6.07, 6.45) is 4.64. The van der Waals surface area contributed by atoms with Crippen LogP contribution in [0.1, 0.15) is 10.4 Å². The summed E-state index contributed by atoms with van der Waals surface area (Å²) in [5.41, 5.74) is 7.18. The van der Waals surface area contributed by atoms with Crippen LogP contribution >= 0.6 is 23.5 Å². The zero-order chi connectivity index (χ0) is 24.6. The van der Waals surface area contributed by atoms with Crippen LogP contribution in [-0.2, 0) is 16.6 Å². The van der Waals surface area contributed by atoms with E-state index in [1.165, 1.54) is 11.8 Å². The topological polar surface area (TPSA) is 91.2 Å². The van der Waals surface area contributed by atoms with Gasteiger partial charge in [0.2, 0.25) is 17.4 Å². The van der Waals surface area contributed by atoms with Crippen molar-refractivity contribution in [2.24, 2.45) is 7.05 Å². The molecule has 0 atom stereocenters. The molecule has 3 aromatic carbocycles. The molecule has 4 aromatic rings. The Morgan fingerprint density at radius 2 is 1.71 bits per heavy atom. The van der Waals surface area contributed by atoms with Crippen molar-refractivity contribution in [2.75, 3.05) is 16.5 Å². The van der Waals surface area contributed by atoms with Gasteiger partial charge >= 0.3 is 0 Å². The fourth-order valence-electron chi connectivity index (χ4n) is 3.43. The van der Waals surface area contributed by atoms with Crippen LogP contribution < -0.4 is 20.7 Å². The first-order valence-corrected chi connectivity index (χ1v) is 12.5. The van der Waals surface area contributed by atoms with E-state index in [2.05, 4.69) is 34.5 Å². The number of nitrogens with one attached hydrogen (secondary N) is 3. The minimum Gasteiger partial charge on any atom is -0.325 e. The van der Waals surface area contributed by atoms with Crippen LogP contribution in [0.4, 0.5) is 11.4 Å². The third-order valence-electron chi connectivity index (χ3n) is 4.98. The second-order valence-electron chi connectivity index (χ2n) is 7.57. The fraction of sp³-hybridized carbons (Fsp3) is 0.0769. The number of amides is 2. The van der Waals surface area contributed by atoms with Gasteiger partial charge in [0.15, 0.2) is 12.4 Å². The summed E-state index contributed by atoms with van der Waals surface area (Å²) < 4.78 is 1.99. The van der Waals surface area contributed by atoms with Crippen molar-refractivity contribution >= 4 is 63.1 Å². The van der Waals surface area contributed by atoms with E-state index < -0.39 is 0 Å². The normalized spacial score (nSPS) is 10.5. The molecule has 3 N–H and O–H groups in total. The quantitative estimate of drug-likeness (QED) is 0.178. The number of nitrogens with zero attached hydrogens (tertiary/aromatic N) is 1. The molecule has 1 heterocycles. The van der Waals surface area contributed by atoms with Gasteiger partial charge in [-0.3, -0.25) is 25.2 Å². The molecular formula is C26H23N4O3S2+. The van der Waals surface area contributed by atoms with Gasteiger partial charge in [-0.05, 0) is 24.3 Å². The van der Waals surface area contributed by atoms with E-state index >= 15 is 0 Å². The number of aromatic nitrogens is 1. The molecule has 0 aliphatic heterocycles. The first-order chi connectivity index (χ1) is 17.0. The number of carbonyl (C=O) groups is 3. The first kappa shape index (κ1) is 24.3. The number of carbonyl (C=O) groups excluding carboxylic acids is 3. The van der Waals surface area contributed by atoms with Gasteiger partial charge in [0.05, 0.1) is 16.3 Å². The number of hydrogen-bond acceptors (Lipinski definition) is 6. The Morgan fingerprint density at radius 1 is 0.943 bits per heavy atom. The molecule has 7 nitrogen and oxygen atoms in total. The van der Waals surface area contributed by atoms with E-state index in [1.807, 2.05) is 42.1 Å². The largest absolute Gasteiger partial charge is 0.325 e. The molecule has 0 unspecified atom stereocenters. The Balaban J connectivity index is 1.52. The van der Waals surface area contributed by atoms with Crippen LogP contribution in [0, 0.1) is 0 Å². The summed E-state index contributed by atoms with van der Waals surface area (Å²) in [4.78, 5) is 37.5. The smallest absolute Gasteiger partial charge is 0.234 e. The molecule has 0 radical (unpaired) electrons. The molecule has 0 bridgehead atoms. The summed E-state index contributed by atoms with van der Waals surface area (Å²) >= 11 is 2.48. The molecule has 1 aromatic heterocycles. The van der Waals surface area contributed by atoms with Crippen molar-refractivity contribution in [2.45, 2.75) is 9.79 Å². The number of fused-ring (bicyclic) bond motifs is 1.